The van der Waals surface area contributed by atoms with Crippen LogP contribution in [0.15, 0.2) is 27.6 Å². The molecule has 6 nitrogen and oxygen atoms in total. The second kappa shape index (κ2) is 6.71. The highest BCUT2D eigenvalue weighted by Gasteiger charge is 2.21. The first kappa shape index (κ1) is 16.2. The lowest BCUT2D eigenvalue weighted by Crippen LogP contribution is -2.14. The highest BCUT2D eigenvalue weighted by Crippen LogP contribution is 2.29. The molecule has 2 rings (SSSR count). The molecule has 0 bridgehead atoms. The molecular weight excluding hydrogens is 378 g/mol. The number of nitrogens with zero attached hydrogens (tertiary/aromatic N) is 2. The lowest BCUT2D eigenvalue weighted by molar-refractivity contribution is 0.403. The van der Waals surface area contributed by atoms with E-state index in [1.807, 2.05) is 6.92 Å². The SMILES string of the molecule is CCCc1nnc(NS(=O)(=O)c2cc(Br)ccc2OC)s1. The van der Waals surface area contributed by atoms with Gasteiger partial charge in [0.25, 0.3) is 10.0 Å². The summed E-state index contributed by atoms with van der Waals surface area (Å²) in [6.45, 7) is 2.03. The van der Waals surface area contributed by atoms with Gasteiger partial charge in [0.05, 0.1) is 7.11 Å². The van der Waals surface area contributed by atoms with Crippen LogP contribution in [0.2, 0.25) is 0 Å². The average Bonchev–Trinajstić information content (AvgIpc) is 2.86. The third kappa shape index (κ3) is 3.92. The van der Waals surface area contributed by atoms with Gasteiger partial charge in [-0.25, -0.2) is 8.42 Å². The quantitative estimate of drug-likeness (QED) is 0.817. The number of aryl methyl sites for hydroxylation is 1. The predicted molar refractivity (Wildman–Crippen MR) is 85.4 cm³/mol. The molecule has 0 aliphatic rings. The zero-order chi connectivity index (χ0) is 15.5. The zero-order valence-corrected chi connectivity index (χ0v) is 14.7. The highest BCUT2D eigenvalue weighted by molar-refractivity contribution is 9.10. The minimum absolute atomic E-state index is 0.0478. The molecule has 1 aromatic heterocycles. The maximum absolute atomic E-state index is 12.4. The Morgan fingerprint density at radius 2 is 2.14 bits per heavy atom. The molecule has 2 aromatic rings. The Kier molecular flexibility index (Phi) is 5.17. The van der Waals surface area contributed by atoms with E-state index >= 15 is 0 Å². The van der Waals surface area contributed by atoms with Crippen molar-refractivity contribution in [3.05, 3.63) is 27.7 Å². The fraction of sp³-hybridized carbons (Fsp3) is 0.333. The van der Waals surface area contributed by atoms with Crippen LogP contribution in [0.1, 0.15) is 18.4 Å². The number of ether oxygens (including phenoxy) is 1. The molecule has 0 spiro atoms. The summed E-state index contributed by atoms with van der Waals surface area (Å²) < 4.78 is 33.0. The minimum atomic E-state index is -3.78. The van der Waals surface area contributed by atoms with Crippen LogP contribution in [0.25, 0.3) is 0 Å². The van der Waals surface area contributed by atoms with Crippen LogP contribution in [0.3, 0.4) is 0 Å². The van der Waals surface area contributed by atoms with E-state index in [9.17, 15) is 8.42 Å². The van der Waals surface area contributed by atoms with E-state index in [1.165, 1.54) is 24.5 Å². The molecule has 1 aromatic carbocycles. The molecule has 0 atom stereocenters. The van der Waals surface area contributed by atoms with Crippen LogP contribution in [0.5, 0.6) is 5.75 Å². The van der Waals surface area contributed by atoms with Crippen LogP contribution in [-0.2, 0) is 16.4 Å². The van der Waals surface area contributed by atoms with E-state index in [1.54, 1.807) is 12.1 Å². The maximum atomic E-state index is 12.4. The number of aromatic nitrogens is 2. The molecule has 0 aliphatic heterocycles. The van der Waals surface area contributed by atoms with Crippen molar-refractivity contribution in [2.24, 2.45) is 0 Å². The first-order valence-corrected chi connectivity index (χ1v) is 9.24. The Morgan fingerprint density at radius 1 is 1.38 bits per heavy atom. The van der Waals surface area contributed by atoms with Crippen LogP contribution in [0.4, 0.5) is 5.13 Å². The summed E-state index contributed by atoms with van der Waals surface area (Å²) in [5.74, 6) is 0.268. The summed E-state index contributed by atoms with van der Waals surface area (Å²) in [7, 11) is -2.35. The van der Waals surface area contributed by atoms with Gasteiger partial charge in [0, 0.05) is 10.9 Å². The van der Waals surface area contributed by atoms with E-state index in [2.05, 4.69) is 30.8 Å². The third-order valence-electron chi connectivity index (χ3n) is 2.57. The molecule has 1 heterocycles. The highest BCUT2D eigenvalue weighted by atomic mass is 79.9. The van der Waals surface area contributed by atoms with Gasteiger partial charge in [-0.05, 0) is 24.6 Å². The smallest absolute Gasteiger partial charge is 0.267 e. The minimum Gasteiger partial charge on any atom is -0.495 e. The molecule has 0 amide bonds. The fourth-order valence-electron chi connectivity index (χ4n) is 1.64. The van der Waals surface area contributed by atoms with E-state index < -0.39 is 10.0 Å². The van der Waals surface area contributed by atoms with Gasteiger partial charge in [-0.2, -0.15) is 0 Å². The summed E-state index contributed by atoms with van der Waals surface area (Å²) in [6, 6.07) is 4.78. The van der Waals surface area contributed by atoms with Gasteiger partial charge in [0.1, 0.15) is 15.7 Å². The Labute approximate surface area is 135 Å². The van der Waals surface area contributed by atoms with Gasteiger partial charge in [0.2, 0.25) is 5.13 Å². The number of benzene rings is 1. The lowest BCUT2D eigenvalue weighted by atomic mass is 10.3. The Balaban J connectivity index is 2.31. The maximum Gasteiger partial charge on any atom is 0.267 e. The normalized spacial score (nSPS) is 11.4. The number of anilines is 1. The van der Waals surface area contributed by atoms with Crippen molar-refractivity contribution in [1.29, 1.82) is 0 Å². The van der Waals surface area contributed by atoms with Crippen LogP contribution in [0, 0.1) is 0 Å². The van der Waals surface area contributed by atoms with Crippen molar-refractivity contribution in [2.75, 3.05) is 11.8 Å². The van der Waals surface area contributed by atoms with Gasteiger partial charge >= 0.3 is 0 Å². The van der Waals surface area contributed by atoms with Crippen molar-refractivity contribution < 1.29 is 13.2 Å². The number of hydrogen-bond donors (Lipinski definition) is 1. The fourth-order valence-corrected chi connectivity index (χ4v) is 4.42. The monoisotopic (exact) mass is 391 g/mol. The molecule has 0 saturated heterocycles. The molecule has 114 valence electrons. The van der Waals surface area contributed by atoms with Crippen LogP contribution in [-0.4, -0.2) is 25.7 Å². The van der Waals surface area contributed by atoms with Crippen LogP contribution >= 0.6 is 27.3 Å². The van der Waals surface area contributed by atoms with E-state index in [4.69, 9.17) is 4.74 Å². The summed E-state index contributed by atoms with van der Waals surface area (Å²) in [4.78, 5) is 0.0478. The van der Waals surface area contributed by atoms with Gasteiger partial charge in [-0.1, -0.05) is 34.2 Å². The zero-order valence-electron chi connectivity index (χ0n) is 11.5. The second-order valence-electron chi connectivity index (χ2n) is 4.15. The number of halogens is 1. The lowest BCUT2D eigenvalue weighted by Gasteiger charge is -2.09. The third-order valence-corrected chi connectivity index (χ3v) is 5.45. The van der Waals surface area contributed by atoms with Gasteiger partial charge < -0.3 is 4.74 Å². The van der Waals surface area contributed by atoms with Crippen molar-refractivity contribution in [3.8, 4) is 5.75 Å². The van der Waals surface area contributed by atoms with Crippen LogP contribution < -0.4 is 9.46 Å². The van der Waals surface area contributed by atoms with Gasteiger partial charge in [-0.15, -0.1) is 10.2 Å². The molecule has 0 aliphatic carbocycles. The molecular formula is C12H14BrN3O3S2. The van der Waals surface area contributed by atoms with Crippen molar-refractivity contribution in [2.45, 2.75) is 24.7 Å². The Hall–Kier alpha value is -1.19. The average molecular weight is 392 g/mol. The molecule has 0 saturated carbocycles. The predicted octanol–water partition coefficient (Wildman–Crippen LogP) is 3.06. The first-order chi connectivity index (χ1) is 9.96. The number of rotatable bonds is 6. The summed E-state index contributed by atoms with van der Waals surface area (Å²) in [6.07, 6.45) is 1.71. The topological polar surface area (TPSA) is 81.2 Å². The number of sulfonamides is 1. The standard InChI is InChI=1S/C12H14BrN3O3S2/c1-3-4-11-14-15-12(20-11)16-21(17,18)10-7-8(13)5-6-9(10)19-2/h5-7H,3-4H2,1-2H3,(H,15,16). The summed E-state index contributed by atoms with van der Waals surface area (Å²) >= 11 is 4.49. The summed E-state index contributed by atoms with van der Waals surface area (Å²) in [5.41, 5.74) is 0. The molecule has 21 heavy (non-hydrogen) atoms. The molecule has 0 unspecified atom stereocenters. The number of methoxy groups -OCH3 is 1. The number of hydrogen-bond acceptors (Lipinski definition) is 6. The molecule has 1 N–H and O–H groups in total. The van der Waals surface area contributed by atoms with Crippen molar-refractivity contribution in [1.82, 2.24) is 10.2 Å². The van der Waals surface area contributed by atoms with Gasteiger partial charge in [0.15, 0.2) is 0 Å². The van der Waals surface area contributed by atoms with E-state index in [0.717, 1.165) is 17.8 Å². The molecule has 9 heteroatoms. The van der Waals surface area contributed by atoms with E-state index in [0.29, 0.717) is 4.47 Å². The number of nitrogens with one attached hydrogen (secondary N) is 1. The van der Waals surface area contributed by atoms with Crippen molar-refractivity contribution >= 4 is 42.4 Å². The Morgan fingerprint density at radius 3 is 2.81 bits per heavy atom. The van der Waals surface area contributed by atoms with E-state index in [-0.39, 0.29) is 15.8 Å². The molecule has 0 fully saturated rings. The van der Waals surface area contributed by atoms with Gasteiger partial charge in [-0.3, -0.25) is 4.72 Å². The first-order valence-electron chi connectivity index (χ1n) is 6.15. The van der Waals surface area contributed by atoms with Crippen molar-refractivity contribution in [3.63, 3.8) is 0 Å². The molecule has 0 radical (unpaired) electrons. The largest absolute Gasteiger partial charge is 0.495 e. The second-order valence-corrected chi connectivity index (χ2v) is 7.78. The summed E-state index contributed by atoms with van der Waals surface area (Å²) in [5, 5.41) is 8.85. The Bertz CT molecular complexity index is 731.